The average molecular weight is 465 g/mol. The maximum atomic E-state index is 2.66. The van der Waals surface area contributed by atoms with Crippen LogP contribution in [-0.4, -0.2) is 5.92 Å². The second kappa shape index (κ2) is 8.04. The van der Waals surface area contributed by atoms with E-state index in [-0.39, 0.29) is 0 Å². The minimum atomic E-state index is -1.87. The Morgan fingerprint density at radius 1 is 0.679 bits per heavy atom. The Morgan fingerprint density at radius 2 is 1.07 bits per heavy atom. The van der Waals surface area contributed by atoms with Crippen LogP contribution in [0.2, 0.25) is 13.1 Å². The number of rotatable bonds is 5. The van der Waals surface area contributed by atoms with Gasteiger partial charge in [-0.1, -0.05) is 0 Å². The minimum absolute atomic E-state index is 0.642. The summed E-state index contributed by atoms with van der Waals surface area (Å²) in [5, 5.41) is 0. The van der Waals surface area contributed by atoms with Gasteiger partial charge in [0.2, 0.25) is 0 Å². The fourth-order valence-electron chi connectivity index (χ4n) is 5.27. The van der Waals surface area contributed by atoms with E-state index in [2.05, 4.69) is 101 Å². The van der Waals surface area contributed by atoms with Gasteiger partial charge in [0.1, 0.15) is 0 Å². The van der Waals surface area contributed by atoms with Gasteiger partial charge < -0.3 is 0 Å². The summed E-state index contributed by atoms with van der Waals surface area (Å²) in [7, 11) is 0. The molecule has 28 heavy (non-hydrogen) atoms. The molecule has 0 saturated heterocycles. The van der Waals surface area contributed by atoms with Crippen LogP contribution in [0.5, 0.6) is 0 Å². The number of hydrogen-bond donors (Lipinski definition) is 0. The Bertz CT molecular complexity index is 861. The van der Waals surface area contributed by atoms with Gasteiger partial charge >= 0.3 is 181 Å². The molecule has 0 aromatic heterocycles. The molecule has 4 rings (SSSR count). The van der Waals surface area contributed by atoms with Crippen LogP contribution in [0.1, 0.15) is 57.2 Å². The first-order valence-corrected chi connectivity index (χ1v) is 20.9. The van der Waals surface area contributed by atoms with Gasteiger partial charge in [0.15, 0.2) is 0 Å². The molecule has 2 aliphatic carbocycles. The molecule has 145 valence electrons. The fourth-order valence-corrected chi connectivity index (χ4v) is 28.7. The predicted molar refractivity (Wildman–Crippen MR) is 123 cm³/mol. The van der Waals surface area contributed by atoms with Gasteiger partial charge in [0, 0.05) is 0 Å². The number of allylic oxidation sites excluding steroid dienone is 2. The first-order chi connectivity index (χ1) is 13.4. The maximum absolute atomic E-state index is 2.66. The Hall–Kier alpha value is -0.980. The normalized spacial score (nSPS) is 20.5. The first-order valence-electron chi connectivity index (χ1n) is 10.9. The zero-order valence-corrected chi connectivity index (χ0v) is 21.8. The summed E-state index contributed by atoms with van der Waals surface area (Å²) >= 11 is -1.87. The second-order valence-corrected chi connectivity index (χ2v) is 29.4. The van der Waals surface area contributed by atoms with Crippen molar-refractivity contribution >= 4 is 18.1 Å². The molecule has 2 unspecified atom stereocenters. The van der Waals surface area contributed by atoms with Crippen molar-refractivity contribution in [1.29, 1.82) is 0 Å². The van der Waals surface area contributed by atoms with Crippen LogP contribution in [0.15, 0.2) is 59.7 Å². The Balaban J connectivity index is 1.88. The Morgan fingerprint density at radius 3 is 1.43 bits per heavy atom. The molecule has 0 bridgehead atoms. The molecular formula is C26H33SiZr. The second-order valence-electron chi connectivity index (χ2n) is 9.38. The molecule has 0 amide bonds. The summed E-state index contributed by atoms with van der Waals surface area (Å²) in [6, 6.07) is 18.6. The quantitative estimate of drug-likeness (QED) is 0.411. The van der Waals surface area contributed by atoms with Gasteiger partial charge in [-0.3, -0.25) is 0 Å². The number of hydrogen-bond acceptors (Lipinski definition) is 0. The van der Waals surface area contributed by atoms with Crippen molar-refractivity contribution < 1.29 is 20.9 Å². The van der Waals surface area contributed by atoms with Crippen molar-refractivity contribution in [2.24, 2.45) is 11.8 Å². The van der Waals surface area contributed by atoms with E-state index < -0.39 is 26.8 Å². The van der Waals surface area contributed by atoms with E-state index in [1.807, 2.05) is 0 Å². The van der Waals surface area contributed by atoms with Crippen LogP contribution in [0.3, 0.4) is 0 Å². The Labute approximate surface area is 180 Å². The number of benzene rings is 2. The van der Waals surface area contributed by atoms with Gasteiger partial charge in [-0.2, -0.15) is 0 Å². The zero-order valence-electron chi connectivity index (χ0n) is 18.2. The molecule has 0 N–H and O–H groups in total. The molecule has 0 heterocycles. The Kier molecular flexibility index (Phi) is 5.83. The molecule has 2 atom stereocenters. The molecule has 2 aromatic rings. The molecular weight excluding hydrogens is 432 g/mol. The third-order valence-corrected chi connectivity index (χ3v) is 28.1. The fraction of sp³-hybridized carbons (Fsp3) is 0.385. The van der Waals surface area contributed by atoms with Gasteiger partial charge in [0.05, 0.1) is 0 Å². The predicted octanol–water partition coefficient (Wildman–Crippen LogP) is 7.18. The van der Waals surface area contributed by atoms with Crippen LogP contribution in [-0.2, 0) is 20.9 Å². The summed E-state index contributed by atoms with van der Waals surface area (Å²) in [4.78, 5) is 0. The first kappa shape index (κ1) is 20.3. The van der Waals surface area contributed by atoms with Crippen molar-refractivity contribution in [2.75, 3.05) is 0 Å². The third-order valence-electron chi connectivity index (χ3n) is 6.59. The van der Waals surface area contributed by atoms with Crippen LogP contribution >= 0.6 is 0 Å². The summed E-state index contributed by atoms with van der Waals surface area (Å²) in [5.74, 6) is 0.531. The summed E-state index contributed by atoms with van der Waals surface area (Å²) < 4.78 is 1.53. The SMILES string of the molecule is CC(C)C1=Cc2ccccc2[CH]1[Zr]([CH]1C(C(C)C)=Cc2ccccc21)[SiH](C)C. The standard InChI is InChI=1S/2C12H13.C2H7Si.Zr/c2*1-9(2)12-7-10-5-3-4-6-11(10)8-12;1-3-2;/h2*3-9H,1-2H3;3H,1-2H3;. The molecule has 0 aliphatic heterocycles. The van der Waals surface area contributed by atoms with Crippen molar-refractivity contribution in [3.05, 3.63) is 81.9 Å². The molecule has 0 fully saturated rings. The van der Waals surface area contributed by atoms with Gasteiger partial charge in [-0.15, -0.1) is 0 Å². The molecule has 2 heteroatoms. The van der Waals surface area contributed by atoms with Crippen LogP contribution < -0.4 is 0 Å². The van der Waals surface area contributed by atoms with Crippen molar-refractivity contribution in [3.63, 3.8) is 0 Å². The molecule has 0 radical (unpaired) electrons. The molecule has 0 saturated carbocycles. The summed E-state index contributed by atoms with van der Waals surface area (Å²) in [6.07, 6.45) is 5.11. The van der Waals surface area contributed by atoms with E-state index in [1.165, 1.54) is 11.1 Å². The van der Waals surface area contributed by atoms with Crippen LogP contribution in [0.4, 0.5) is 0 Å². The van der Waals surface area contributed by atoms with E-state index in [0.29, 0.717) is 11.8 Å². The van der Waals surface area contributed by atoms with Crippen molar-refractivity contribution in [2.45, 2.75) is 48.0 Å². The molecule has 2 aliphatic rings. The zero-order chi connectivity index (χ0) is 20.0. The topological polar surface area (TPSA) is 0 Å². The van der Waals surface area contributed by atoms with Crippen molar-refractivity contribution in [1.82, 2.24) is 0 Å². The van der Waals surface area contributed by atoms with Crippen LogP contribution in [0.25, 0.3) is 12.2 Å². The molecule has 0 spiro atoms. The van der Waals surface area contributed by atoms with E-state index in [4.69, 9.17) is 0 Å². The van der Waals surface area contributed by atoms with E-state index in [0.717, 1.165) is 7.25 Å². The van der Waals surface area contributed by atoms with Crippen molar-refractivity contribution in [3.8, 4) is 0 Å². The van der Waals surface area contributed by atoms with Gasteiger partial charge in [-0.25, -0.2) is 0 Å². The third kappa shape index (κ3) is 3.41. The van der Waals surface area contributed by atoms with Gasteiger partial charge in [-0.05, 0) is 0 Å². The molecule has 0 nitrogen and oxygen atoms in total. The molecule has 2 aromatic carbocycles. The number of fused-ring (bicyclic) bond motifs is 2. The van der Waals surface area contributed by atoms with E-state index in [1.54, 1.807) is 22.3 Å². The van der Waals surface area contributed by atoms with E-state index in [9.17, 15) is 0 Å². The summed E-state index contributed by atoms with van der Waals surface area (Å²) in [5.41, 5.74) is 9.81. The van der Waals surface area contributed by atoms with E-state index >= 15 is 0 Å². The monoisotopic (exact) mass is 463 g/mol. The van der Waals surface area contributed by atoms with Gasteiger partial charge in [0.25, 0.3) is 0 Å². The summed E-state index contributed by atoms with van der Waals surface area (Å²) in [6.45, 7) is 15.0. The van der Waals surface area contributed by atoms with Crippen LogP contribution in [0, 0.1) is 11.8 Å². The average Bonchev–Trinajstić information content (AvgIpc) is 3.22.